The molecule has 0 aliphatic rings. The summed E-state index contributed by atoms with van der Waals surface area (Å²) in [5, 5.41) is 2.71. The molecule has 0 aliphatic carbocycles. The Morgan fingerprint density at radius 2 is 1.34 bits per heavy atom. The second-order valence-electron chi connectivity index (χ2n) is 7.88. The lowest BCUT2D eigenvalue weighted by molar-refractivity contribution is 0.0599. The number of benzene rings is 3. The number of aryl methyl sites for hydroxylation is 2. The van der Waals surface area contributed by atoms with Crippen molar-refractivity contribution >= 4 is 23.5 Å². The molecule has 35 heavy (non-hydrogen) atoms. The van der Waals surface area contributed by atoms with Crippen LogP contribution >= 0.6 is 0 Å². The Balaban J connectivity index is 1.85. The van der Waals surface area contributed by atoms with E-state index in [9.17, 15) is 14.4 Å². The lowest BCUT2D eigenvalue weighted by Gasteiger charge is -2.14. The number of hydrogen-bond acceptors (Lipinski definition) is 7. The lowest BCUT2D eigenvalue weighted by atomic mass is 10.1. The minimum absolute atomic E-state index is 0.1000. The Hall–Kier alpha value is -4.33. The highest BCUT2D eigenvalue weighted by atomic mass is 16.5. The van der Waals surface area contributed by atoms with Crippen LogP contribution in [0.3, 0.4) is 0 Å². The van der Waals surface area contributed by atoms with Crippen LogP contribution in [0.1, 0.15) is 47.8 Å². The van der Waals surface area contributed by atoms with Gasteiger partial charge in [0.1, 0.15) is 18.1 Å². The average Bonchev–Trinajstić information content (AvgIpc) is 2.85. The van der Waals surface area contributed by atoms with E-state index in [1.165, 1.54) is 32.4 Å². The van der Waals surface area contributed by atoms with Crippen LogP contribution in [0.4, 0.5) is 5.69 Å². The molecule has 8 heteroatoms. The van der Waals surface area contributed by atoms with Gasteiger partial charge in [0.25, 0.3) is 5.91 Å². The maximum atomic E-state index is 13.0. The molecular weight excluding hydrogens is 450 g/mol. The molecule has 0 aromatic heterocycles. The Bertz CT molecular complexity index is 1210. The highest BCUT2D eigenvalue weighted by Gasteiger charge is 2.17. The molecule has 3 aromatic carbocycles. The molecule has 0 heterocycles. The van der Waals surface area contributed by atoms with Gasteiger partial charge in [-0.05, 0) is 73.5 Å². The molecule has 0 saturated heterocycles. The summed E-state index contributed by atoms with van der Waals surface area (Å²) in [4.78, 5) is 37.0. The normalized spacial score (nSPS) is 10.3. The van der Waals surface area contributed by atoms with E-state index in [0.29, 0.717) is 16.9 Å². The number of methoxy groups -OCH3 is 3. The fourth-order valence-electron chi connectivity index (χ4n) is 3.58. The minimum Gasteiger partial charge on any atom is -0.496 e. The third-order valence-corrected chi connectivity index (χ3v) is 5.17. The molecular formula is C27H27NO7. The highest BCUT2D eigenvalue weighted by Crippen LogP contribution is 2.25. The number of carbonyl (C=O) groups is 3. The van der Waals surface area contributed by atoms with Crippen molar-refractivity contribution in [2.24, 2.45) is 0 Å². The van der Waals surface area contributed by atoms with Crippen molar-refractivity contribution in [1.29, 1.82) is 0 Å². The van der Waals surface area contributed by atoms with Gasteiger partial charge in [-0.1, -0.05) is 6.07 Å². The fourth-order valence-corrected chi connectivity index (χ4v) is 3.58. The Morgan fingerprint density at radius 3 is 1.89 bits per heavy atom. The number of nitrogens with one attached hydrogen (secondary N) is 1. The van der Waals surface area contributed by atoms with Gasteiger partial charge < -0.3 is 24.3 Å². The van der Waals surface area contributed by atoms with E-state index in [1.807, 2.05) is 26.0 Å². The molecule has 0 spiro atoms. The largest absolute Gasteiger partial charge is 0.496 e. The van der Waals surface area contributed by atoms with Crippen LogP contribution in [0.15, 0.2) is 54.6 Å². The number of anilines is 1. The van der Waals surface area contributed by atoms with Gasteiger partial charge >= 0.3 is 11.9 Å². The lowest BCUT2D eigenvalue weighted by Crippen LogP contribution is -2.15. The molecule has 3 rings (SSSR count). The summed E-state index contributed by atoms with van der Waals surface area (Å²) in [5.41, 5.74) is 3.63. The summed E-state index contributed by atoms with van der Waals surface area (Å²) in [6, 6.07) is 15.1. The van der Waals surface area contributed by atoms with E-state index in [2.05, 4.69) is 11.4 Å². The first-order valence-electron chi connectivity index (χ1n) is 10.7. The van der Waals surface area contributed by atoms with Crippen LogP contribution in [0.25, 0.3) is 0 Å². The SMILES string of the molecule is COC(=O)c1cc(NC(=O)c2ccc(OC)c(COc3cc(C)cc(C)c3)c2)cc(C(=O)OC)c1. The molecule has 0 atom stereocenters. The molecule has 1 N–H and O–H groups in total. The van der Waals surface area contributed by atoms with Gasteiger partial charge in [0.05, 0.1) is 32.5 Å². The summed E-state index contributed by atoms with van der Waals surface area (Å²) in [6.45, 7) is 4.18. The van der Waals surface area contributed by atoms with Crippen LogP contribution in [0.5, 0.6) is 11.5 Å². The standard InChI is InChI=1S/C27H27NO7/c1-16-8-17(2)10-23(9-16)35-15-21-11-18(6-7-24(21)32-3)25(29)28-22-13-19(26(30)33-4)12-20(14-22)27(31)34-5/h6-14H,15H2,1-5H3,(H,28,29). The zero-order valence-corrected chi connectivity index (χ0v) is 20.3. The topological polar surface area (TPSA) is 100 Å². The van der Waals surface area contributed by atoms with Crippen LogP contribution in [0.2, 0.25) is 0 Å². The first-order valence-corrected chi connectivity index (χ1v) is 10.7. The van der Waals surface area contributed by atoms with Crippen molar-refractivity contribution in [2.45, 2.75) is 20.5 Å². The van der Waals surface area contributed by atoms with Gasteiger partial charge in [0.15, 0.2) is 0 Å². The molecule has 0 unspecified atom stereocenters. The summed E-state index contributed by atoms with van der Waals surface area (Å²) in [7, 11) is 4.00. The average molecular weight is 478 g/mol. The van der Waals surface area contributed by atoms with Crippen molar-refractivity contribution < 1.29 is 33.3 Å². The predicted octanol–water partition coefficient (Wildman–Crippen LogP) is 4.72. The van der Waals surface area contributed by atoms with Crippen LogP contribution in [-0.2, 0) is 16.1 Å². The summed E-state index contributed by atoms with van der Waals surface area (Å²) >= 11 is 0. The van der Waals surface area contributed by atoms with Crippen molar-refractivity contribution in [3.05, 3.63) is 88.0 Å². The zero-order valence-electron chi connectivity index (χ0n) is 20.3. The number of hydrogen-bond donors (Lipinski definition) is 1. The molecule has 1 amide bonds. The van der Waals surface area contributed by atoms with Gasteiger partial charge in [-0.2, -0.15) is 0 Å². The third-order valence-electron chi connectivity index (χ3n) is 5.17. The summed E-state index contributed by atoms with van der Waals surface area (Å²) in [6.07, 6.45) is 0. The number of ether oxygens (including phenoxy) is 4. The number of carbonyl (C=O) groups excluding carboxylic acids is 3. The smallest absolute Gasteiger partial charge is 0.337 e. The molecule has 0 bridgehead atoms. The van der Waals surface area contributed by atoms with Crippen molar-refractivity contribution in [3.8, 4) is 11.5 Å². The van der Waals surface area contributed by atoms with Gasteiger partial charge in [-0.3, -0.25) is 4.79 Å². The van der Waals surface area contributed by atoms with Crippen molar-refractivity contribution in [2.75, 3.05) is 26.6 Å². The van der Waals surface area contributed by atoms with Crippen LogP contribution < -0.4 is 14.8 Å². The van der Waals surface area contributed by atoms with Crippen molar-refractivity contribution in [1.82, 2.24) is 0 Å². The van der Waals surface area contributed by atoms with Gasteiger partial charge in [-0.25, -0.2) is 9.59 Å². The zero-order chi connectivity index (χ0) is 25.5. The molecule has 0 aliphatic heterocycles. The van der Waals surface area contributed by atoms with Gasteiger partial charge in [0, 0.05) is 16.8 Å². The predicted molar refractivity (Wildman–Crippen MR) is 130 cm³/mol. The van der Waals surface area contributed by atoms with E-state index in [-0.39, 0.29) is 23.4 Å². The maximum absolute atomic E-state index is 13.0. The van der Waals surface area contributed by atoms with E-state index in [1.54, 1.807) is 25.3 Å². The van der Waals surface area contributed by atoms with Crippen LogP contribution in [-0.4, -0.2) is 39.2 Å². The Kier molecular flexibility index (Phi) is 8.09. The summed E-state index contributed by atoms with van der Waals surface area (Å²) < 4.78 is 20.8. The van der Waals surface area contributed by atoms with Gasteiger partial charge in [-0.15, -0.1) is 0 Å². The second-order valence-corrected chi connectivity index (χ2v) is 7.88. The molecule has 8 nitrogen and oxygen atoms in total. The molecule has 0 fully saturated rings. The van der Waals surface area contributed by atoms with E-state index >= 15 is 0 Å². The second kappa shape index (κ2) is 11.2. The first kappa shape index (κ1) is 25.3. The van der Waals surface area contributed by atoms with E-state index in [0.717, 1.165) is 16.9 Å². The molecule has 182 valence electrons. The van der Waals surface area contributed by atoms with Crippen LogP contribution in [0, 0.1) is 13.8 Å². The highest BCUT2D eigenvalue weighted by molar-refractivity contribution is 6.06. The summed E-state index contributed by atoms with van der Waals surface area (Å²) in [5.74, 6) is -0.456. The molecule has 3 aromatic rings. The monoisotopic (exact) mass is 477 g/mol. The minimum atomic E-state index is -0.651. The van der Waals surface area contributed by atoms with Gasteiger partial charge in [0.2, 0.25) is 0 Å². The maximum Gasteiger partial charge on any atom is 0.337 e. The number of rotatable bonds is 8. The third kappa shape index (κ3) is 6.38. The fraction of sp³-hybridized carbons (Fsp3) is 0.222. The van der Waals surface area contributed by atoms with E-state index < -0.39 is 17.8 Å². The van der Waals surface area contributed by atoms with Crippen molar-refractivity contribution in [3.63, 3.8) is 0 Å². The Morgan fingerprint density at radius 1 is 0.743 bits per heavy atom. The first-order chi connectivity index (χ1) is 16.7. The Labute approximate surface area is 203 Å². The number of amides is 1. The quantitative estimate of drug-likeness (QED) is 0.469. The van der Waals surface area contributed by atoms with E-state index in [4.69, 9.17) is 18.9 Å². The molecule has 0 saturated carbocycles. The number of esters is 2. The molecule has 0 radical (unpaired) electrons.